The molecule has 0 aliphatic carbocycles. The lowest BCUT2D eigenvalue weighted by molar-refractivity contribution is 0.472. The lowest BCUT2D eigenvalue weighted by Crippen LogP contribution is -2.19. The maximum absolute atomic E-state index is 12.3. The van der Waals surface area contributed by atoms with Gasteiger partial charge in [-0.15, -0.1) is 0 Å². The first-order valence-corrected chi connectivity index (χ1v) is 12.7. The summed E-state index contributed by atoms with van der Waals surface area (Å²) in [5.74, 6) is -0.260. The minimum Gasteiger partial charge on any atom is -0.506 e. The van der Waals surface area contributed by atoms with Crippen molar-refractivity contribution in [1.29, 1.82) is 0 Å². The van der Waals surface area contributed by atoms with Gasteiger partial charge in [0.25, 0.3) is 0 Å². The number of hydrogen-bond acceptors (Lipinski definition) is 10. The maximum Gasteiger partial charge on any atom is 0.206 e. The van der Waals surface area contributed by atoms with E-state index >= 15 is 0 Å². The van der Waals surface area contributed by atoms with Gasteiger partial charge in [-0.3, -0.25) is 0 Å². The molecule has 0 radical (unpaired) electrons. The zero-order valence-corrected chi connectivity index (χ0v) is 21.6. The number of hydrogen-bond donors (Lipinski definition) is 8. The zero-order chi connectivity index (χ0) is 28.4. The molecule has 4 aromatic carbocycles. The van der Waals surface area contributed by atoms with Crippen molar-refractivity contribution < 1.29 is 28.8 Å². The first-order valence-electron chi connectivity index (χ1n) is 11.2. The van der Waals surface area contributed by atoms with Crippen LogP contribution in [0.4, 0.5) is 22.7 Å². The monoisotopic (exact) mass is 538 g/mol. The SMILES string of the molecule is CC(C)(c1ccc(N)c(O)c1)c1ccc(N)c(O)c1.Nc1cc(S(=O)(=O)c2ccc(O)c(N)c2)ccc1O. The van der Waals surface area contributed by atoms with Crippen LogP contribution in [-0.4, -0.2) is 28.8 Å². The first kappa shape index (κ1) is 27.8. The van der Waals surface area contributed by atoms with Crippen LogP contribution in [0.3, 0.4) is 0 Å². The molecule has 0 atom stereocenters. The first-order chi connectivity index (χ1) is 17.6. The van der Waals surface area contributed by atoms with Crippen molar-refractivity contribution in [3.63, 3.8) is 0 Å². The highest BCUT2D eigenvalue weighted by molar-refractivity contribution is 7.91. The Morgan fingerprint density at radius 2 is 0.895 bits per heavy atom. The third kappa shape index (κ3) is 5.62. The van der Waals surface area contributed by atoms with Crippen LogP contribution in [0.2, 0.25) is 0 Å². The molecule has 0 aliphatic heterocycles. The largest absolute Gasteiger partial charge is 0.506 e. The molecular weight excluding hydrogens is 508 g/mol. The van der Waals surface area contributed by atoms with E-state index in [-0.39, 0.29) is 49.6 Å². The summed E-state index contributed by atoms with van der Waals surface area (Å²) in [5, 5.41) is 38.0. The smallest absolute Gasteiger partial charge is 0.206 e. The van der Waals surface area contributed by atoms with Crippen LogP contribution < -0.4 is 22.9 Å². The van der Waals surface area contributed by atoms with Crippen molar-refractivity contribution in [2.45, 2.75) is 29.1 Å². The van der Waals surface area contributed by atoms with E-state index < -0.39 is 9.84 Å². The van der Waals surface area contributed by atoms with Gasteiger partial charge in [0, 0.05) is 5.41 Å². The van der Waals surface area contributed by atoms with E-state index in [1.54, 1.807) is 24.3 Å². The number of anilines is 4. The molecule has 38 heavy (non-hydrogen) atoms. The van der Waals surface area contributed by atoms with E-state index in [2.05, 4.69) is 0 Å². The van der Waals surface area contributed by atoms with Crippen molar-refractivity contribution in [2.75, 3.05) is 22.9 Å². The van der Waals surface area contributed by atoms with Crippen LogP contribution in [0.5, 0.6) is 23.0 Å². The lowest BCUT2D eigenvalue weighted by Gasteiger charge is -2.26. The normalized spacial score (nSPS) is 11.4. The summed E-state index contributed by atoms with van der Waals surface area (Å²) in [4.78, 5) is -0.124. The Morgan fingerprint density at radius 3 is 1.21 bits per heavy atom. The summed E-state index contributed by atoms with van der Waals surface area (Å²) in [5.41, 5.74) is 24.2. The molecule has 0 saturated carbocycles. The summed E-state index contributed by atoms with van der Waals surface area (Å²) in [6.07, 6.45) is 0. The van der Waals surface area contributed by atoms with Crippen LogP contribution in [-0.2, 0) is 15.3 Å². The van der Waals surface area contributed by atoms with Crippen molar-refractivity contribution in [3.8, 4) is 23.0 Å². The number of rotatable bonds is 4. The fraction of sp³-hybridized carbons (Fsp3) is 0.111. The minimum atomic E-state index is -3.80. The van der Waals surface area contributed by atoms with E-state index in [0.29, 0.717) is 11.4 Å². The third-order valence-corrected chi connectivity index (χ3v) is 7.87. The van der Waals surface area contributed by atoms with Crippen LogP contribution in [0.25, 0.3) is 0 Å². The fourth-order valence-corrected chi connectivity index (χ4v) is 4.90. The number of phenols is 4. The quantitative estimate of drug-likeness (QED) is 0.139. The highest BCUT2D eigenvalue weighted by Crippen LogP contribution is 2.37. The highest BCUT2D eigenvalue weighted by Gasteiger charge is 2.25. The lowest BCUT2D eigenvalue weighted by atomic mass is 9.78. The van der Waals surface area contributed by atoms with Crippen LogP contribution >= 0.6 is 0 Å². The third-order valence-electron chi connectivity index (χ3n) is 6.12. The average molecular weight is 539 g/mol. The Labute approximate surface area is 220 Å². The van der Waals surface area contributed by atoms with Gasteiger partial charge in [0.05, 0.1) is 32.5 Å². The molecular formula is C27H30N4O6S. The van der Waals surface area contributed by atoms with Gasteiger partial charge in [0.1, 0.15) is 23.0 Å². The van der Waals surface area contributed by atoms with Gasteiger partial charge in [-0.25, -0.2) is 8.42 Å². The molecule has 10 nitrogen and oxygen atoms in total. The van der Waals surface area contributed by atoms with Crippen LogP contribution in [0, 0.1) is 0 Å². The Bertz CT molecular complexity index is 1490. The summed E-state index contributed by atoms with van der Waals surface area (Å²) in [6, 6.07) is 17.6. The number of aromatic hydroxyl groups is 4. The van der Waals surface area contributed by atoms with Gasteiger partial charge in [0.2, 0.25) is 9.84 Å². The van der Waals surface area contributed by atoms with Crippen molar-refractivity contribution in [1.82, 2.24) is 0 Å². The summed E-state index contributed by atoms with van der Waals surface area (Å²) in [6.45, 7) is 4.01. The number of nitrogens with two attached hydrogens (primary N) is 4. The average Bonchev–Trinajstić information content (AvgIpc) is 2.86. The fourth-order valence-electron chi connectivity index (χ4n) is 3.57. The number of nitrogen functional groups attached to an aromatic ring is 4. The van der Waals surface area contributed by atoms with Crippen LogP contribution in [0.15, 0.2) is 82.6 Å². The van der Waals surface area contributed by atoms with Crippen molar-refractivity contribution in [3.05, 3.63) is 83.9 Å². The molecule has 0 aromatic heterocycles. The standard InChI is InChI=1S/C15H18N2O2.C12H12N2O4S/c1-15(2,9-3-5-11(16)13(18)7-9)10-4-6-12(17)14(19)8-10;13-9-5-7(1-3-11(9)15)19(17,18)8-2-4-12(16)10(14)6-8/h3-8,18-19H,16-17H2,1-2H3;1-6,15-16H,13-14H2. The van der Waals surface area contributed by atoms with Crippen molar-refractivity contribution >= 4 is 32.6 Å². The molecule has 200 valence electrons. The van der Waals surface area contributed by atoms with E-state index in [1.807, 2.05) is 26.0 Å². The molecule has 0 saturated heterocycles. The highest BCUT2D eigenvalue weighted by atomic mass is 32.2. The second kappa shape index (κ2) is 10.3. The Balaban J connectivity index is 0.000000211. The molecule has 0 heterocycles. The van der Waals surface area contributed by atoms with Gasteiger partial charge in [0.15, 0.2) is 0 Å². The molecule has 4 rings (SSSR count). The Hall–Kier alpha value is -4.77. The minimum absolute atomic E-state index is 0.0344. The summed E-state index contributed by atoms with van der Waals surface area (Å²) >= 11 is 0. The van der Waals surface area contributed by atoms with Gasteiger partial charge in [-0.1, -0.05) is 26.0 Å². The maximum atomic E-state index is 12.3. The second-order valence-corrected chi connectivity index (χ2v) is 11.1. The number of benzene rings is 4. The van der Waals surface area contributed by atoms with E-state index in [4.69, 9.17) is 22.9 Å². The molecule has 0 unspecified atom stereocenters. The van der Waals surface area contributed by atoms with E-state index in [9.17, 15) is 28.8 Å². The Morgan fingerprint density at radius 1 is 0.526 bits per heavy atom. The second-order valence-electron chi connectivity index (χ2n) is 9.12. The zero-order valence-electron chi connectivity index (χ0n) is 20.8. The van der Waals surface area contributed by atoms with Gasteiger partial charge >= 0.3 is 0 Å². The predicted octanol–water partition coefficient (Wildman–Crippen LogP) is 3.68. The van der Waals surface area contributed by atoms with Gasteiger partial charge in [-0.2, -0.15) is 0 Å². The summed E-state index contributed by atoms with van der Waals surface area (Å²) in [7, 11) is -3.80. The molecule has 0 bridgehead atoms. The Kier molecular flexibility index (Phi) is 7.54. The topological polar surface area (TPSA) is 219 Å². The molecule has 0 amide bonds. The molecule has 0 spiro atoms. The number of phenolic OH excluding ortho intramolecular Hbond substituents is 4. The molecule has 0 aliphatic rings. The molecule has 12 N–H and O–H groups in total. The molecule has 0 fully saturated rings. The van der Waals surface area contributed by atoms with Gasteiger partial charge < -0.3 is 43.4 Å². The van der Waals surface area contributed by atoms with Gasteiger partial charge in [-0.05, 0) is 71.8 Å². The predicted molar refractivity (Wildman–Crippen MR) is 148 cm³/mol. The van der Waals surface area contributed by atoms with E-state index in [0.717, 1.165) is 23.3 Å². The summed E-state index contributed by atoms with van der Waals surface area (Å²) < 4.78 is 24.6. The van der Waals surface area contributed by atoms with Crippen LogP contribution in [0.1, 0.15) is 25.0 Å². The molecule has 11 heteroatoms. The van der Waals surface area contributed by atoms with E-state index in [1.165, 1.54) is 24.3 Å². The molecule has 4 aromatic rings. The number of sulfone groups is 1. The van der Waals surface area contributed by atoms with Crippen molar-refractivity contribution in [2.24, 2.45) is 0 Å².